The maximum Gasteiger partial charge on any atom is 0.223 e. The molecule has 2 aliphatic rings. The summed E-state index contributed by atoms with van der Waals surface area (Å²) in [7, 11) is 0. The average Bonchev–Trinajstić information content (AvgIpc) is 3.19. The Bertz CT molecular complexity index is 536. The van der Waals surface area contributed by atoms with Crippen molar-refractivity contribution in [1.29, 1.82) is 0 Å². The van der Waals surface area contributed by atoms with Crippen molar-refractivity contribution in [2.45, 2.75) is 58.0 Å². The molecule has 1 aromatic carbocycles. The second-order valence-corrected chi connectivity index (χ2v) is 7.96. The van der Waals surface area contributed by atoms with Crippen molar-refractivity contribution in [2.75, 3.05) is 32.8 Å². The summed E-state index contributed by atoms with van der Waals surface area (Å²) in [5, 5.41) is 0. The zero-order chi connectivity index (χ0) is 18.2. The van der Waals surface area contributed by atoms with E-state index in [1.54, 1.807) is 0 Å². The standard InChI is InChI=1S/C22H34N2O2/c1-19(17-23-13-15-26-16-14-23)24(18-21-9-3-2-4-10-21)22(25)12-11-20-7-5-6-8-20/h2-4,9-10,19-20H,5-8,11-18H2,1H3. The molecular formula is C22H34N2O2. The van der Waals surface area contributed by atoms with Crippen LogP contribution < -0.4 is 0 Å². The molecule has 1 aromatic rings. The topological polar surface area (TPSA) is 32.8 Å². The maximum absolute atomic E-state index is 13.1. The van der Waals surface area contributed by atoms with Gasteiger partial charge in [-0.15, -0.1) is 0 Å². The highest BCUT2D eigenvalue weighted by atomic mass is 16.5. The number of hydrogen-bond donors (Lipinski definition) is 0. The molecule has 0 spiro atoms. The Balaban J connectivity index is 1.60. The van der Waals surface area contributed by atoms with Crippen LogP contribution in [0.2, 0.25) is 0 Å². The van der Waals surface area contributed by atoms with E-state index in [4.69, 9.17) is 4.74 Å². The van der Waals surface area contributed by atoms with Gasteiger partial charge in [-0.1, -0.05) is 56.0 Å². The molecule has 4 heteroatoms. The number of amides is 1. The van der Waals surface area contributed by atoms with Gasteiger partial charge in [0.15, 0.2) is 0 Å². The van der Waals surface area contributed by atoms with Crippen LogP contribution in [0, 0.1) is 5.92 Å². The van der Waals surface area contributed by atoms with Gasteiger partial charge in [-0.3, -0.25) is 9.69 Å². The van der Waals surface area contributed by atoms with E-state index in [2.05, 4.69) is 41.0 Å². The fraction of sp³-hybridized carbons (Fsp3) is 0.682. The summed E-state index contributed by atoms with van der Waals surface area (Å²) in [5.41, 5.74) is 1.22. The van der Waals surface area contributed by atoms with Gasteiger partial charge in [0.25, 0.3) is 0 Å². The second kappa shape index (κ2) is 10.1. The number of nitrogens with zero attached hydrogens (tertiary/aromatic N) is 2. The molecule has 1 amide bonds. The van der Waals surface area contributed by atoms with E-state index in [1.165, 1.54) is 31.2 Å². The molecule has 4 nitrogen and oxygen atoms in total. The SMILES string of the molecule is CC(CN1CCOCC1)N(Cc1ccccc1)C(=O)CCC1CCCC1. The summed E-state index contributed by atoms with van der Waals surface area (Å²) >= 11 is 0. The first kappa shape index (κ1) is 19.4. The first-order valence-electron chi connectivity index (χ1n) is 10.4. The molecule has 0 radical (unpaired) electrons. The summed E-state index contributed by atoms with van der Waals surface area (Å²) in [6, 6.07) is 10.6. The molecule has 1 aliphatic heterocycles. The van der Waals surface area contributed by atoms with Gasteiger partial charge in [0, 0.05) is 38.6 Å². The molecule has 0 N–H and O–H groups in total. The number of morpholine rings is 1. The molecule has 3 rings (SSSR count). The highest BCUT2D eigenvalue weighted by Gasteiger charge is 2.24. The number of ether oxygens (including phenoxy) is 1. The molecule has 26 heavy (non-hydrogen) atoms. The highest BCUT2D eigenvalue weighted by Crippen LogP contribution is 2.29. The molecule has 0 bridgehead atoms. The Morgan fingerprint density at radius 1 is 1.19 bits per heavy atom. The van der Waals surface area contributed by atoms with Crippen LogP contribution in [-0.2, 0) is 16.1 Å². The van der Waals surface area contributed by atoms with Gasteiger partial charge in [-0.2, -0.15) is 0 Å². The van der Waals surface area contributed by atoms with E-state index in [-0.39, 0.29) is 6.04 Å². The smallest absolute Gasteiger partial charge is 0.223 e. The Labute approximate surface area is 158 Å². The Morgan fingerprint density at radius 2 is 1.88 bits per heavy atom. The van der Waals surface area contributed by atoms with Crippen LogP contribution >= 0.6 is 0 Å². The normalized spacial score (nSPS) is 20.2. The lowest BCUT2D eigenvalue weighted by Gasteiger charge is -2.35. The summed E-state index contributed by atoms with van der Waals surface area (Å²) in [5.74, 6) is 1.09. The Hall–Kier alpha value is -1.39. The predicted molar refractivity (Wildman–Crippen MR) is 105 cm³/mol. The number of carbonyl (C=O) groups excluding carboxylic acids is 1. The molecule has 0 aromatic heterocycles. The van der Waals surface area contributed by atoms with Gasteiger partial charge >= 0.3 is 0 Å². The lowest BCUT2D eigenvalue weighted by Crippen LogP contribution is -2.48. The minimum absolute atomic E-state index is 0.226. The van der Waals surface area contributed by atoms with Crippen molar-refractivity contribution in [3.05, 3.63) is 35.9 Å². The molecule has 1 heterocycles. The minimum atomic E-state index is 0.226. The maximum atomic E-state index is 13.1. The van der Waals surface area contributed by atoms with Crippen LogP contribution in [0.4, 0.5) is 0 Å². The number of benzene rings is 1. The van der Waals surface area contributed by atoms with Crippen molar-refractivity contribution in [1.82, 2.24) is 9.80 Å². The van der Waals surface area contributed by atoms with E-state index < -0.39 is 0 Å². The van der Waals surface area contributed by atoms with E-state index >= 15 is 0 Å². The Morgan fingerprint density at radius 3 is 2.58 bits per heavy atom. The van der Waals surface area contributed by atoms with E-state index in [0.29, 0.717) is 12.3 Å². The fourth-order valence-corrected chi connectivity index (χ4v) is 4.30. The zero-order valence-corrected chi connectivity index (χ0v) is 16.2. The van der Waals surface area contributed by atoms with Crippen molar-refractivity contribution in [3.63, 3.8) is 0 Å². The van der Waals surface area contributed by atoms with Gasteiger partial charge in [0.2, 0.25) is 5.91 Å². The van der Waals surface area contributed by atoms with Crippen LogP contribution in [0.3, 0.4) is 0 Å². The van der Waals surface area contributed by atoms with Crippen molar-refractivity contribution >= 4 is 5.91 Å². The third-order valence-electron chi connectivity index (χ3n) is 5.92. The zero-order valence-electron chi connectivity index (χ0n) is 16.2. The molecule has 1 saturated heterocycles. The largest absolute Gasteiger partial charge is 0.379 e. The first-order chi connectivity index (χ1) is 12.7. The minimum Gasteiger partial charge on any atom is -0.379 e. The molecule has 2 fully saturated rings. The molecule has 1 atom stereocenters. The van der Waals surface area contributed by atoms with Crippen molar-refractivity contribution in [3.8, 4) is 0 Å². The molecule has 1 aliphatic carbocycles. The number of carbonyl (C=O) groups is 1. The van der Waals surface area contributed by atoms with E-state index in [0.717, 1.165) is 51.7 Å². The van der Waals surface area contributed by atoms with Crippen LogP contribution in [0.15, 0.2) is 30.3 Å². The van der Waals surface area contributed by atoms with E-state index in [1.807, 2.05) is 6.07 Å². The molecular weight excluding hydrogens is 324 g/mol. The van der Waals surface area contributed by atoms with Gasteiger partial charge < -0.3 is 9.64 Å². The lowest BCUT2D eigenvalue weighted by atomic mass is 10.0. The Kier molecular flexibility index (Phi) is 7.51. The predicted octanol–water partition coefficient (Wildman–Crippen LogP) is 3.71. The lowest BCUT2D eigenvalue weighted by molar-refractivity contribution is -0.134. The summed E-state index contributed by atoms with van der Waals surface area (Å²) in [6.07, 6.45) is 7.09. The molecule has 144 valence electrons. The van der Waals surface area contributed by atoms with Crippen LogP contribution in [-0.4, -0.2) is 54.6 Å². The summed E-state index contributed by atoms with van der Waals surface area (Å²) < 4.78 is 5.46. The van der Waals surface area contributed by atoms with Gasteiger partial charge in [-0.05, 0) is 24.8 Å². The number of rotatable bonds is 8. The third kappa shape index (κ3) is 5.82. The highest BCUT2D eigenvalue weighted by molar-refractivity contribution is 5.76. The van der Waals surface area contributed by atoms with Crippen LogP contribution in [0.5, 0.6) is 0 Å². The average molecular weight is 359 g/mol. The first-order valence-corrected chi connectivity index (χ1v) is 10.4. The fourth-order valence-electron chi connectivity index (χ4n) is 4.30. The second-order valence-electron chi connectivity index (χ2n) is 7.96. The van der Waals surface area contributed by atoms with Crippen molar-refractivity contribution < 1.29 is 9.53 Å². The number of hydrogen-bond acceptors (Lipinski definition) is 3. The van der Waals surface area contributed by atoms with Gasteiger partial charge in [0.1, 0.15) is 0 Å². The third-order valence-corrected chi connectivity index (χ3v) is 5.92. The summed E-state index contributed by atoms with van der Waals surface area (Å²) in [6.45, 7) is 7.41. The summed E-state index contributed by atoms with van der Waals surface area (Å²) in [4.78, 5) is 17.6. The quantitative estimate of drug-likeness (QED) is 0.710. The van der Waals surface area contributed by atoms with Crippen LogP contribution in [0.1, 0.15) is 51.0 Å². The monoisotopic (exact) mass is 358 g/mol. The molecule has 1 saturated carbocycles. The van der Waals surface area contributed by atoms with Crippen molar-refractivity contribution in [2.24, 2.45) is 5.92 Å². The van der Waals surface area contributed by atoms with Gasteiger partial charge in [0.05, 0.1) is 13.2 Å². The van der Waals surface area contributed by atoms with Crippen LogP contribution in [0.25, 0.3) is 0 Å². The molecule has 1 unspecified atom stereocenters. The van der Waals surface area contributed by atoms with Gasteiger partial charge in [-0.25, -0.2) is 0 Å². The van der Waals surface area contributed by atoms with E-state index in [9.17, 15) is 4.79 Å².